The van der Waals surface area contributed by atoms with Gasteiger partial charge in [0.25, 0.3) is 0 Å². The maximum absolute atomic E-state index is 5.34. The van der Waals surface area contributed by atoms with E-state index in [1.165, 1.54) is 283 Å². The monoisotopic (exact) mass is 1290 g/mol. The van der Waals surface area contributed by atoms with Gasteiger partial charge in [0, 0.05) is 25.4 Å². The number of hydrogen-bond donors (Lipinski definition) is 7. The summed E-state index contributed by atoms with van der Waals surface area (Å²) in [6.45, 7) is 64.4. The first kappa shape index (κ1) is 88.0. The van der Waals surface area contributed by atoms with Gasteiger partial charge >= 0.3 is 0 Å². The van der Waals surface area contributed by atoms with Crippen molar-refractivity contribution >= 4 is 11.8 Å². The standard InChI is InChI=1S/C10H19N.C8H16N2.C8H15N.C7H13NS.C7H13N.C7H12O.C6H11N.7C4H10/c1-2-4-10(5-3-1)6-8-11-9-7-10;1-4-9-5-2-8(1)3-6-10-7-8;1-2-8(3-1)4-6-9-7-5-8;1-3-8-5-7(1)2-4-9-6-7;1-2-6-4-8-5-7(6)3-1;1-2-4-7(5-3-1)6-8-7;1-2-6(1)3-4-7-5-6;7*1-4(2)3/h11H,1-9H2;9-10H,1-7H2;9H,1-7H2;8H,1-6H2;6-8H,1-5H2;1-6H2;7H,1-5H2;7*4H,1-3H3. The quantitative estimate of drug-likeness (QED) is 0.120. The number of rotatable bonds is 0. The van der Waals surface area contributed by atoms with Crippen molar-refractivity contribution in [2.45, 2.75) is 331 Å². The third kappa shape index (κ3) is 46.3. The van der Waals surface area contributed by atoms with Crippen LogP contribution in [-0.4, -0.2) is 115 Å². The second kappa shape index (κ2) is 50.4. The predicted molar refractivity (Wildman–Crippen MR) is 408 cm³/mol. The van der Waals surface area contributed by atoms with Crippen molar-refractivity contribution in [1.82, 2.24) is 37.2 Å². The zero-order valence-corrected chi connectivity index (χ0v) is 66.1. The summed E-state index contributed by atoms with van der Waals surface area (Å²) in [5, 5.41) is 24.0. The second-order valence-corrected chi connectivity index (χ2v) is 37.1. The summed E-state index contributed by atoms with van der Waals surface area (Å²) in [5.41, 5.74) is 4.34. The Bertz CT molecular complexity index is 1420. The molecule has 3 unspecified atom stereocenters. The van der Waals surface area contributed by atoms with Crippen LogP contribution in [0.5, 0.6) is 0 Å². The van der Waals surface area contributed by atoms with Crippen molar-refractivity contribution in [1.29, 1.82) is 0 Å². The van der Waals surface area contributed by atoms with Crippen LogP contribution in [0.15, 0.2) is 0 Å². The molecule has 14 aliphatic rings. The van der Waals surface area contributed by atoms with Crippen molar-refractivity contribution in [2.75, 3.05) is 110 Å². The highest BCUT2D eigenvalue weighted by molar-refractivity contribution is 7.99. The highest BCUT2D eigenvalue weighted by Gasteiger charge is 2.45. The minimum Gasteiger partial charge on any atom is -0.370 e. The first-order chi connectivity index (χ1) is 42.6. The van der Waals surface area contributed by atoms with Crippen molar-refractivity contribution in [3.63, 3.8) is 0 Å². The second-order valence-electron chi connectivity index (χ2n) is 36.0. The Balaban J connectivity index is 0.000000493. The number of hydrogen-bond acceptors (Lipinski definition) is 9. The van der Waals surface area contributed by atoms with E-state index < -0.39 is 0 Å². The minimum atomic E-state index is 0.429. The van der Waals surface area contributed by atoms with Gasteiger partial charge < -0.3 is 42.0 Å². The SMILES string of the molecule is C1CC2(C1)CCNCC2.C1CC2(CC2)CN1.C1CC2(CCN1)CCNC2.C1CC2(CCSC2)CN1.C1CC2CNCC2C1.C1CCC2(CC1)CCNCC2.C1CCC2(CC1)CO2.CC(C)C.CC(C)C.CC(C)C.CC(C)C.CC(C)C.CC(C)C.CC(C)C. The molecule has 90 heavy (non-hydrogen) atoms. The maximum Gasteiger partial charge on any atom is 0.0916 e. The van der Waals surface area contributed by atoms with Gasteiger partial charge in [0.05, 0.1) is 12.2 Å². The molecule has 9 heteroatoms. The van der Waals surface area contributed by atoms with E-state index in [2.05, 4.69) is 194 Å². The molecule has 0 bridgehead atoms. The van der Waals surface area contributed by atoms with E-state index in [1.807, 2.05) is 0 Å². The molecule has 0 aromatic rings. The first-order valence-electron chi connectivity index (χ1n) is 39.7. The molecule has 0 radical (unpaired) electrons. The lowest BCUT2D eigenvalue weighted by Gasteiger charge is -2.45. The van der Waals surface area contributed by atoms with Crippen molar-refractivity contribution in [3.05, 3.63) is 0 Å². The van der Waals surface area contributed by atoms with Crippen LogP contribution in [0, 0.1) is 80.3 Å². The van der Waals surface area contributed by atoms with Crippen molar-refractivity contribution in [3.8, 4) is 0 Å². The van der Waals surface area contributed by atoms with E-state index in [1.54, 1.807) is 0 Å². The molecule has 3 atom stereocenters. The number of ether oxygens (including phenoxy) is 1. The van der Waals surface area contributed by atoms with Crippen LogP contribution in [0.4, 0.5) is 0 Å². The summed E-state index contributed by atoms with van der Waals surface area (Å²) in [5.74, 6) is 10.8. The van der Waals surface area contributed by atoms with Gasteiger partial charge in [-0.15, -0.1) is 0 Å². The molecular formula is C81H169N7OS. The third-order valence-electron chi connectivity index (χ3n) is 19.4. The van der Waals surface area contributed by atoms with Crippen LogP contribution in [-0.2, 0) is 4.74 Å². The van der Waals surface area contributed by atoms with Crippen LogP contribution in [0.3, 0.4) is 0 Å². The van der Waals surface area contributed by atoms with Gasteiger partial charge in [-0.2, -0.15) is 11.8 Å². The smallest absolute Gasteiger partial charge is 0.0916 e. The molecule has 0 aromatic heterocycles. The Morgan fingerprint density at radius 2 is 0.556 bits per heavy atom. The Kier molecular flexibility index (Phi) is 49.3. The van der Waals surface area contributed by atoms with Gasteiger partial charge in [0.2, 0.25) is 0 Å². The zero-order chi connectivity index (χ0) is 67.4. The molecule has 6 spiro atoms. The van der Waals surface area contributed by atoms with E-state index in [0.29, 0.717) is 11.0 Å². The van der Waals surface area contributed by atoms with Gasteiger partial charge in [-0.25, -0.2) is 0 Å². The van der Waals surface area contributed by atoms with Crippen LogP contribution in [0.2, 0.25) is 0 Å². The summed E-state index contributed by atoms with van der Waals surface area (Å²) < 4.78 is 5.34. The van der Waals surface area contributed by atoms with Gasteiger partial charge in [0.15, 0.2) is 0 Å². The van der Waals surface area contributed by atoms with Crippen LogP contribution in [0.1, 0.15) is 325 Å². The van der Waals surface area contributed by atoms with E-state index in [-0.39, 0.29) is 0 Å². The lowest BCUT2D eigenvalue weighted by Crippen LogP contribution is -2.40. The molecule has 14 rings (SSSR count). The molecule has 8 nitrogen and oxygen atoms in total. The number of piperidine rings is 3. The average molecular weight is 1290 g/mol. The molecule has 5 saturated carbocycles. The van der Waals surface area contributed by atoms with Crippen LogP contribution in [0.25, 0.3) is 0 Å². The molecular weight excluding hydrogens is 1120 g/mol. The lowest BCUT2D eigenvalue weighted by molar-refractivity contribution is 0.0864. The molecule has 9 saturated heterocycles. The number of fused-ring (bicyclic) bond motifs is 1. The summed E-state index contributed by atoms with van der Waals surface area (Å²) in [6, 6.07) is 0. The molecule has 0 amide bonds. The fourth-order valence-electron chi connectivity index (χ4n) is 13.9. The number of epoxide rings is 1. The van der Waals surface area contributed by atoms with Gasteiger partial charge in [-0.1, -0.05) is 197 Å². The fraction of sp³-hybridized carbons (Fsp3) is 1.00. The number of thioether (sulfide) groups is 1. The van der Waals surface area contributed by atoms with Crippen molar-refractivity contribution < 1.29 is 4.74 Å². The van der Waals surface area contributed by atoms with Gasteiger partial charge in [0.1, 0.15) is 0 Å². The Labute approximate surface area is 571 Å². The van der Waals surface area contributed by atoms with Crippen LogP contribution >= 0.6 is 11.8 Å². The Morgan fingerprint density at radius 1 is 0.278 bits per heavy atom. The molecule has 9 heterocycles. The molecule has 7 N–H and O–H groups in total. The van der Waals surface area contributed by atoms with Gasteiger partial charge in [-0.05, 0) is 286 Å². The first-order valence-corrected chi connectivity index (χ1v) is 40.9. The van der Waals surface area contributed by atoms with Crippen LogP contribution < -0.4 is 37.2 Å². The van der Waals surface area contributed by atoms with E-state index in [4.69, 9.17) is 4.74 Å². The lowest BCUT2D eigenvalue weighted by atomic mass is 9.63. The average Bonchev–Trinajstić information content (AvgIpc) is 2.05. The molecule has 0 aromatic carbocycles. The zero-order valence-electron chi connectivity index (χ0n) is 65.3. The topological polar surface area (TPSA) is 96.7 Å². The van der Waals surface area contributed by atoms with Gasteiger partial charge in [-0.3, -0.25) is 0 Å². The summed E-state index contributed by atoms with van der Waals surface area (Å²) in [4.78, 5) is 0. The molecule has 5 aliphatic carbocycles. The normalized spacial score (nSPS) is 27.1. The highest BCUT2D eigenvalue weighted by atomic mass is 32.2. The summed E-state index contributed by atoms with van der Waals surface area (Å²) in [7, 11) is 0. The number of nitrogens with one attached hydrogen (secondary N) is 7. The summed E-state index contributed by atoms with van der Waals surface area (Å²) in [6.07, 6.45) is 40.8. The fourth-order valence-corrected chi connectivity index (χ4v) is 15.5. The third-order valence-corrected chi connectivity index (χ3v) is 20.7. The minimum absolute atomic E-state index is 0.429. The predicted octanol–water partition coefficient (Wildman–Crippen LogP) is 20.4. The Morgan fingerprint density at radius 3 is 0.800 bits per heavy atom. The van der Waals surface area contributed by atoms with E-state index >= 15 is 0 Å². The van der Waals surface area contributed by atoms with E-state index in [0.717, 1.165) is 81.5 Å². The molecule has 540 valence electrons. The summed E-state index contributed by atoms with van der Waals surface area (Å²) >= 11 is 2.13. The molecule has 9 aliphatic heterocycles. The Hall–Kier alpha value is 0.0300. The molecule has 14 fully saturated rings. The van der Waals surface area contributed by atoms with Crippen molar-refractivity contribution in [2.24, 2.45) is 80.3 Å². The maximum atomic E-state index is 5.34. The highest BCUT2D eigenvalue weighted by Crippen LogP contribution is 2.50. The largest absolute Gasteiger partial charge is 0.370 e. The van der Waals surface area contributed by atoms with E-state index in [9.17, 15) is 0 Å².